The highest BCUT2D eigenvalue weighted by atomic mass is 16.4. The Morgan fingerprint density at radius 2 is 1.94 bits per heavy atom. The summed E-state index contributed by atoms with van der Waals surface area (Å²) in [5.74, 6) is -2.09. The zero-order valence-corrected chi connectivity index (χ0v) is 10.6. The summed E-state index contributed by atoms with van der Waals surface area (Å²) in [5, 5.41) is 20.7. The van der Waals surface area contributed by atoms with E-state index in [4.69, 9.17) is 10.2 Å². The molecule has 1 aliphatic carbocycles. The van der Waals surface area contributed by atoms with Crippen LogP contribution in [0, 0.1) is 17.3 Å². The minimum atomic E-state index is -0.904. The van der Waals surface area contributed by atoms with E-state index in [1.165, 1.54) is 0 Å². The molecule has 0 heterocycles. The molecule has 1 rings (SSSR count). The first-order valence-corrected chi connectivity index (χ1v) is 5.97. The lowest BCUT2D eigenvalue weighted by Crippen LogP contribution is -2.28. The molecule has 1 amide bonds. The third-order valence-corrected chi connectivity index (χ3v) is 3.47. The van der Waals surface area contributed by atoms with Crippen LogP contribution >= 0.6 is 0 Å². The van der Waals surface area contributed by atoms with Gasteiger partial charge in [0.25, 0.3) is 0 Å². The smallest absolute Gasteiger partial charge is 0.307 e. The van der Waals surface area contributed by atoms with Crippen LogP contribution in [0.15, 0.2) is 0 Å². The molecule has 1 fully saturated rings. The number of carbonyl (C=O) groups is 2. The van der Waals surface area contributed by atoms with Crippen molar-refractivity contribution in [2.45, 2.75) is 39.7 Å². The van der Waals surface area contributed by atoms with Gasteiger partial charge in [0.1, 0.15) is 0 Å². The van der Waals surface area contributed by atoms with E-state index in [0.29, 0.717) is 19.4 Å². The maximum absolute atomic E-state index is 11.7. The van der Waals surface area contributed by atoms with Crippen molar-refractivity contribution in [2.24, 2.45) is 17.3 Å². The Labute approximate surface area is 101 Å². The SMILES string of the molecule is CC(O)CCCNC(=O)[C@H]1[C@@H](C(=O)O)C1(C)C. The third-order valence-electron chi connectivity index (χ3n) is 3.47. The number of rotatable bonds is 6. The molecule has 1 unspecified atom stereocenters. The first-order chi connectivity index (χ1) is 7.78. The van der Waals surface area contributed by atoms with Crippen LogP contribution in [0.25, 0.3) is 0 Å². The number of carbonyl (C=O) groups excluding carboxylic acids is 1. The van der Waals surface area contributed by atoms with Gasteiger partial charge >= 0.3 is 5.97 Å². The molecule has 5 nitrogen and oxygen atoms in total. The summed E-state index contributed by atoms with van der Waals surface area (Å²) >= 11 is 0. The summed E-state index contributed by atoms with van der Waals surface area (Å²) in [6, 6.07) is 0. The van der Waals surface area contributed by atoms with Crippen LogP contribution in [-0.4, -0.2) is 34.7 Å². The number of amides is 1. The summed E-state index contributed by atoms with van der Waals surface area (Å²) < 4.78 is 0. The molecular weight excluding hydrogens is 222 g/mol. The van der Waals surface area contributed by atoms with Gasteiger partial charge in [0.15, 0.2) is 0 Å². The fraction of sp³-hybridized carbons (Fsp3) is 0.833. The van der Waals surface area contributed by atoms with Crippen LogP contribution < -0.4 is 5.32 Å². The maximum atomic E-state index is 11.7. The lowest BCUT2D eigenvalue weighted by atomic mass is 10.1. The molecule has 3 N–H and O–H groups in total. The lowest BCUT2D eigenvalue weighted by Gasteiger charge is -2.07. The maximum Gasteiger partial charge on any atom is 0.307 e. The Bertz CT molecular complexity index is 312. The van der Waals surface area contributed by atoms with Crippen LogP contribution in [-0.2, 0) is 9.59 Å². The number of carboxylic acids is 1. The predicted octanol–water partition coefficient (Wildman–Crippen LogP) is 0.620. The zero-order valence-electron chi connectivity index (χ0n) is 10.6. The van der Waals surface area contributed by atoms with Gasteiger partial charge in [-0.3, -0.25) is 9.59 Å². The van der Waals surface area contributed by atoms with Gasteiger partial charge in [0.05, 0.1) is 17.9 Å². The average molecular weight is 243 g/mol. The first kappa shape index (κ1) is 14.0. The number of hydrogen-bond donors (Lipinski definition) is 3. The number of aliphatic carboxylic acids is 1. The molecule has 5 heteroatoms. The van der Waals surface area contributed by atoms with Gasteiger partial charge in [-0.2, -0.15) is 0 Å². The molecule has 0 bridgehead atoms. The highest BCUT2D eigenvalue weighted by Crippen LogP contribution is 2.58. The second kappa shape index (κ2) is 5.04. The first-order valence-electron chi connectivity index (χ1n) is 5.97. The highest BCUT2D eigenvalue weighted by Gasteiger charge is 2.65. The Morgan fingerprint density at radius 1 is 1.35 bits per heavy atom. The normalized spacial score (nSPS) is 27.3. The fourth-order valence-electron chi connectivity index (χ4n) is 2.31. The summed E-state index contributed by atoms with van der Waals surface area (Å²) in [7, 11) is 0. The van der Waals surface area contributed by atoms with E-state index in [-0.39, 0.29) is 12.0 Å². The fourth-order valence-corrected chi connectivity index (χ4v) is 2.31. The second-order valence-corrected chi connectivity index (χ2v) is 5.40. The third kappa shape index (κ3) is 3.19. The van der Waals surface area contributed by atoms with Crippen molar-refractivity contribution < 1.29 is 19.8 Å². The number of hydrogen-bond acceptors (Lipinski definition) is 3. The van der Waals surface area contributed by atoms with Crippen molar-refractivity contribution in [1.29, 1.82) is 0 Å². The van der Waals surface area contributed by atoms with Gasteiger partial charge in [-0.15, -0.1) is 0 Å². The van der Waals surface area contributed by atoms with E-state index >= 15 is 0 Å². The van der Waals surface area contributed by atoms with Crippen LogP contribution in [0.2, 0.25) is 0 Å². The molecule has 0 aromatic rings. The summed E-state index contributed by atoms with van der Waals surface area (Å²) in [4.78, 5) is 22.6. The Kier molecular flexibility index (Phi) is 4.14. The molecule has 17 heavy (non-hydrogen) atoms. The molecular formula is C12H21NO4. The molecule has 0 saturated heterocycles. The van der Waals surface area contributed by atoms with E-state index in [9.17, 15) is 9.59 Å². The van der Waals surface area contributed by atoms with E-state index < -0.39 is 23.2 Å². The van der Waals surface area contributed by atoms with Gasteiger partial charge < -0.3 is 15.5 Å². The van der Waals surface area contributed by atoms with E-state index in [1.54, 1.807) is 20.8 Å². The van der Waals surface area contributed by atoms with Crippen LogP contribution in [0.1, 0.15) is 33.6 Å². The summed E-state index contributed by atoms with van der Waals surface area (Å²) in [6.07, 6.45) is 0.974. The van der Waals surface area contributed by atoms with Crippen molar-refractivity contribution >= 4 is 11.9 Å². The number of aliphatic hydroxyl groups is 1. The predicted molar refractivity (Wildman–Crippen MR) is 62.3 cm³/mol. The van der Waals surface area contributed by atoms with Crippen molar-refractivity contribution in [1.82, 2.24) is 5.32 Å². The van der Waals surface area contributed by atoms with Crippen LogP contribution in [0.4, 0.5) is 0 Å². The summed E-state index contributed by atoms with van der Waals surface area (Å²) in [6.45, 7) is 5.78. The Hall–Kier alpha value is -1.10. The lowest BCUT2D eigenvalue weighted by molar-refractivity contribution is -0.140. The van der Waals surface area contributed by atoms with Gasteiger partial charge in [0.2, 0.25) is 5.91 Å². The van der Waals surface area contributed by atoms with Crippen molar-refractivity contribution in [3.05, 3.63) is 0 Å². The minimum Gasteiger partial charge on any atom is -0.481 e. The molecule has 0 spiro atoms. The minimum absolute atomic E-state index is 0.187. The number of aliphatic hydroxyl groups excluding tert-OH is 1. The molecule has 0 radical (unpaired) electrons. The van der Waals surface area contributed by atoms with E-state index in [0.717, 1.165) is 0 Å². The number of carboxylic acid groups (broad SMARTS) is 1. The van der Waals surface area contributed by atoms with Gasteiger partial charge in [0, 0.05) is 6.54 Å². The topological polar surface area (TPSA) is 86.6 Å². The van der Waals surface area contributed by atoms with E-state index in [1.807, 2.05) is 0 Å². The van der Waals surface area contributed by atoms with Crippen molar-refractivity contribution in [2.75, 3.05) is 6.54 Å². The molecule has 0 aromatic heterocycles. The van der Waals surface area contributed by atoms with Crippen molar-refractivity contribution in [3.63, 3.8) is 0 Å². The summed E-state index contributed by atoms with van der Waals surface area (Å²) in [5.41, 5.74) is -0.444. The van der Waals surface area contributed by atoms with Crippen LogP contribution in [0.5, 0.6) is 0 Å². The average Bonchev–Trinajstić information content (AvgIpc) is 2.76. The van der Waals surface area contributed by atoms with Gasteiger partial charge in [-0.05, 0) is 25.2 Å². The molecule has 98 valence electrons. The zero-order chi connectivity index (χ0) is 13.2. The number of nitrogens with one attached hydrogen (secondary N) is 1. The standard InChI is InChI=1S/C12H21NO4/c1-7(14)5-4-6-13-10(15)8-9(11(16)17)12(8,2)3/h7-9,14H,4-6H2,1-3H3,(H,13,15)(H,16,17)/t7?,8-,9+/m1/s1. The largest absolute Gasteiger partial charge is 0.481 e. The van der Waals surface area contributed by atoms with Gasteiger partial charge in [-0.1, -0.05) is 13.8 Å². The monoisotopic (exact) mass is 243 g/mol. The second-order valence-electron chi connectivity index (χ2n) is 5.40. The molecule has 3 atom stereocenters. The molecule has 0 aliphatic heterocycles. The Morgan fingerprint density at radius 3 is 2.35 bits per heavy atom. The molecule has 1 saturated carbocycles. The van der Waals surface area contributed by atoms with Crippen LogP contribution in [0.3, 0.4) is 0 Å². The molecule has 1 aliphatic rings. The quantitative estimate of drug-likeness (QED) is 0.597. The Balaban J connectivity index is 2.33. The van der Waals surface area contributed by atoms with Crippen molar-refractivity contribution in [3.8, 4) is 0 Å². The highest BCUT2D eigenvalue weighted by molar-refractivity contribution is 5.91. The van der Waals surface area contributed by atoms with Gasteiger partial charge in [-0.25, -0.2) is 0 Å². The molecule has 0 aromatic carbocycles. The van der Waals surface area contributed by atoms with E-state index in [2.05, 4.69) is 5.32 Å².